The number of alkyl halides is 1. The number of pyridine rings is 1. The number of hydrogen-bond donors (Lipinski definition) is 0. The van der Waals surface area contributed by atoms with Gasteiger partial charge in [0.15, 0.2) is 0 Å². The summed E-state index contributed by atoms with van der Waals surface area (Å²) in [6.07, 6.45) is 1.11. The fraction of sp³-hybridized carbons (Fsp3) is 0.583. The largest absolute Gasteiger partial charge is 0.475 e. The van der Waals surface area contributed by atoms with Crippen LogP contribution in [0.1, 0.15) is 26.3 Å². The van der Waals surface area contributed by atoms with Crippen molar-refractivity contribution >= 4 is 11.6 Å². The van der Waals surface area contributed by atoms with Crippen molar-refractivity contribution in [1.82, 2.24) is 4.98 Å². The fourth-order valence-electron chi connectivity index (χ4n) is 1.18. The minimum Gasteiger partial charge on any atom is -0.475 e. The van der Waals surface area contributed by atoms with Crippen LogP contribution >= 0.6 is 11.6 Å². The summed E-state index contributed by atoms with van der Waals surface area (Å²) in [5, 5.41) is 0. The third-order valence-corrected chi connectivity index (χ3v) is 2.18. The molecule has 1 aromatic rings. The molecule has 1 heterocycles. The quantitative estimate of drug-likeness (QED) is 0.603. The molecule has 96 valence electrons. The van der Waals surface area contributed by atoms with E-state index < -0.39 is 5.82 Å². The maximum absolute atomic E-state index is 12.9. The van der Waals surface area contributed by atoms with Crippen LogP contribution in [0.3, 0.4) is 0 Å². The second-order valence-electron chi connectivity index (χ2n) is 4.56. The average Bonchev–Trinajstić information content (AvgIpc) is 2.24. The highest BCUT2D eigenvalue weighted by Crippen LogP contribution is 2.18. The number of rotatable bonds is 5. The first-order valence-corrected chi connectivity index (χ1v) is 5.93. The van der Waals surface area contributed by atoms with Crippen molar-refractivity contribution < 1.29 is 13.9 Å². The standard InChI is InChI=1S/C12H17ClFNO2/c1-12(2,3)17-5-4-16-11-9(7-13)6-10(14)8-15-11/h6,8H,4-5,7H2,1-3H3. The van der Waals surface area contributed by atoms with Gasteiger partial charge in [-0.05, 0) is 26.8 Å². The van der Waals surface area contributed by atoms with Crippen LogP contribution in [0.5, 0.6) is 5.88 Å². The van der Waals surface area contributed by atoms with Crippen molar-refractivity contribution in [3.8, 4) is 5.88 Å². The molecule has 5 heteroatoms. The van der Waals surface area contributed by atoms with E-state index in [4.69, 9.17) is 21.1 Å². The van der Waals surface area contributed by atoms with Gasteiger partial charge in [0.2, 0.25) is 5.88 Å². The Hall–Kier alpha value is -0.870. The summed E-state index contributed by atoms with van der Waals surface area (Å²) in [5.41, 5.74) is 0.344. The Labute approximate surface area is 106 Å². The van der Waals surface area contributed by atoms with Gasteiger partial charge in [-0.25, -0.2) is 9.37 Å². The lowest BCUT2D eigenvalue weighted by Gasteiger charge is -2.19. The third kappa shape index (κ3) is 5.33. The Morgan fingerprint density at radius 2 is 2.06 bits per heavy atom. The Balaban J connectivity index is 2.46. The van der Waals surface area contributed by atoms with E-state index in [1.54, 1.807) is 0 Å². The highest BCUT2D eigenvalue weighted by Gasteiger charge is 2.10. The minimum absolute atomic E-state index is 0.167. The van der Waals surface area contributed by atoms with Crippen molar-refractivity contribution in [1.29, 1.82) is 0 Å². The van der Waals surface area contributed by atoms with Gasteiger partial charge in [0.25, 0.3) is 0 Å². The molecule has 0 aromatic carbocycles. The number of nitrogens with zero attached hydrogens (tertiary/aromatic N) is 1. The first kappa shape index (κ1) is 14.2. The van der Waals surface area contributed by atoms with Crippen molar-refractivity contribution in [2.24, 2.45) is 0 Å². The normalized spacial score (nSPS) is 11.6. The lowest BCUT2D eigenvalue weighted by molar-refractivity contribution is -0.0169. The van der Waals surface area contributed by atoms with Crippen LogP contribution < -0.4 is 4.74 Å². The van der Waals surface area contributed by atoms with Crippen LogP contribution in [0.15, 0.2) is 12.3 Å². The number of aromatic nitrogens is 1. The predicted molar refractivity (Wildman–Crippen MR) is 65.0 cm³/mol. The SMILES string of the molecule is CC(C)(C)OCCOc1ncc(F)cc1CCl. The maximum Gasteiger partial charge on any atom is 0.218 e. The molecule has 0 unspecified atom stereocenters. The molecule has 0 amide bonds. The van der Waals surface area contributed by atoms with Crippen molar-refractivity contribution in [2.75, 3.05) is 13.2 Å². The number of ether oxygens (including phenoxy) is 2. The predicted octanol–water partition coefficient (Wildman–Crippen LogP) is 3.15. The summed E-state index contributed by atoms with van der Waals surface area (Å²) in [5.74, 6) is 0.109. The molecule has 0 aliphatic heterocycles. The molecule has 3 nitrogen and oxygen atoms in total. The lowest BCUT2D eigenvalue weighted by atomic mass is 10.2. The van der Waals surface area contributed by atoms with Crippen LogP contribution in [0.25, 0.3) is 0 Å². The van der Waals surface area contributed by atoms with E-state index in [0.717, 1.165) is 6.20 Å². The molecule has 0 saturated carbocycles. The van der Waals surface area contributed by atoms with Gasteiger partial charge >= 0.3 is 0 Å². The van der Waals surface area contributed by atoms with E-state index in [9.17, 15) is 4.39 Å². The second-order valence-corrected chi connectivity index (χ2v) is 4.83. The van der Waals surface area contributed by atoms with E-state index >= 15 is 0 Å². The third-order valence-electron chi connectivity index (χ3n) is 1.89. The first-order valence-electron chi connectivity index (χ1n) is 5.39. The van der Waals surface area contributed by atoms with Crippen LogP contribution in [0.2, 0.25) is 0 Å². The summed E-state index contributed by atoms with van der Waals surface area (Å²) < 4.78 is 23.8. The molecule has 0 aliphatic rings. The van der Waals surface area contributed by atoms with Gasteiger partial charge in [-0.3, -0.25) is 0 Å². The molecule has 1 aromatic heterocycles. The maximum atomic E-state index is 12.9. The zero-order chi connectivity index (χ0) is 12.9. The molecular weight excluding hydrogens is 245 g/mol. The van der Waals surface area contributed by atoms with E-state index in [1.165, 1.54) is 6.07 Å². The second kappa shape index (κ2) is 6.17. The number of halogens is 2. The molecule has 0 saturated heterocycles. The van der Waals surface area contributed by atoms with E-state index in [2.05, 4.69) is 4.98 Å². The zero-order valence-corrected chi connectivity index (χ0v) is 11.1. The molecule has 17 heavy (non-hydrogen) atoms. The van der Waals surface area contributed by atoms with Gasteiger partial charge in [0.1, 0.15) is 12.4 Å². The summed E-state index contributed by atoms with van der Waals surface area (Å²) in [7, 11) is 0. The summed E-state index contributed by atoms with van der Waals surface area (Å²) >= 11 is 5.67. The Kier molecular flexibility index (Phi) is 5.15. The molecule has 1 rings (SSSR count). The summed E-state index contributed by atoms with van der Waals surface area (Å²) in [6, 6.07) is 1.32. The van der Waals surface area contributed by atoms with Crippen LogP contribution in [-0.2, 0) is 10.6 Å². The molecule has 0 radical (unpaired) electrons. The Morgan fingerprint density at radius 1 is 1.35 bits per heavy atom. The van der Waals surface area contributed by atoms with Crippen molar-refractivity contribution in [2.45, 2.75) is 32.3 Å². The van der Waals surface area contributed by atoms with Crippen molar-refractivity contribution in [3.63, 3.8) is 0 Å². The Bertz CT molecular complexity index is 366. The topological polar surface area (TPSA) is 31.4 Å². The zero-order valence-electron chi connectivity index (χ0n) is 10.3. The van der Waals surface area contributed by atoms with Gasteiger partial charge in [0.05, 0.1) is 24.3 Å². The molecule has 0 aliphatic carbocycles. The fourth-order valence-corrected chi connectivity index (χ4v) is 1.37. The van der Waals surface area contributed by atoms with E-state index in [0.29, 0.717) is 24.7 Å². The monoisotopic (exact) mass is 261 g/mol. The lowest BCUT2D eigenvalue weighted by Crippen LogP contribution is -2.22. The van der Waals surface area contributed by atoms with Crippen LogP contribution in [0, 0.1) is 5.82 Å². The molecule has 0 N–H and O–H groups in total. The van der Waals surface area contributed by atoms with Gasteiger partial charge in [-0.15, -0.1) is 11.6 Å². The van der Waals surface area contributed by atoms with Gasteiger partial charge < -0.3 is 9.47 Å². The molecular formula is C12H17ClFNO2. The minimum atomic E-state index is -0.418. The first-order chi connectivity index (χ1) is 7.92. The molecule has 0 atom stereocenters. The average molecular weight is 262 g/mol. The molecule has 0 bridgehead atoms. The highest BCUT2D eigenvalue weighted by atomic mass is 35.5. The highest BCUT2D eigenvalue weighted by molar-refractivity contribution is 6.17. The van der Waals surface area contributed by atoms with Crippen LogP contribution in [0.4, 0.5) is 4.39 Å². The summed E-state index contributed by atoms with van der Waals surface area (Å²) in [4.78, 5) is 3.85. The smallest absolute Gasteiger partial charge is 0.218 e. The van der Waals surface area contributed by atoms with Crippen LogP contribution in [-0.4, -0.2) is 23.8 Å². The molecule has 0 spiro atoms. The van der Waals surface area contributed by atoms with Gasteiger partial charge in [0, 0.05) is 5.56 Å². The van der Waals surface area contributed by atoms with Crippen molar-refractivity contribution in [3.05, 3.63) is 23.6 Å². The molecule has 0 fully saturated rings. The van der Waals surface area contributed by atoms with E-state index in [1.807, 2.05) is 20.8 Å². The number of hydrogen-bond acceptors (Lipinski definition) is 3. The van der Waals surface area contributed by atoms with E-state index in [-0.39, 0.29) is 11.5 Å². The van der Waals surface area contributed by atoms with Gasteiger partial charge in [-0.2, -0.15) is 0 Å². The Morgan fingerprint density at radius 3 is 2.65 bits per heavy atom. The summed E-state index contributed by atoms with van der Waals surface area (Å²) in [6.45, 7) is 6.71. The van der Waals surface area contributed by atoms with Gasteiger partial charge in [-0.1, -0.05) is 0 Å².